The third-order valence-electron chi connectivity index (χ3n) is 5.10. The number of anilines is 1. The van der Waals surface area contributed by atoms with Crippen LogP contribution in [0.1, 0.15) is 38.2 Å². The highest BCUT2D eigenvalue weighted by Crippen LogP contribution is 2.47. The summed E-state index contributed by atoms with van der Waals surface area (Å²) in [6, 6.07) is 1.83. The normalized spacial score (nSPS) is 23.4. The number of halogens is 4. The number of hydrogen-bond acceptors (Lipinski definition) is 3. The lowest BCUT2D eigenvalue weighted by Gasteiger charge is -2.40. The number of hydrogen-bond donors (Lipinski definition) is 1. The van der Waals surface area contributed by atoms with E-state index in [1.807, 2.05) is 6.92 Å². The van der Waals surface area contributed by atoms with E-state index in [1.54, 1.807) is 0 Å². The third-order valence-corrected chi connectivity index (χ3v) is 5.10. The molecule has 1 amide bonds. The van der Waals surface area contributed by atoms with E-state index in [4.69, 9.17) is 0 Å². The van der Waals surface area contributed by atoms with Gasteiger partial charge in [-0.25, -0.2) is 4.98 Å². The topological polar surface area (TPSA) is 45.2 Å². The van der Waals surface area contributed by atoms with Gasteiger partial charge >= 0.3 is 6.18 Å². The first kappa shape index (κ1) is 19.0. The Labute approximate surface area is 145 Å². The first-order valence-electron chi connectivity index (χ1n) is 7.93. The van der Waals surface area contributed by atoms with Crippen molar-refractivity contribution in [3.63, 3.8) is 0 Å². The fourth-order valence-corrected chi connectivity index (χ4v) is 4.02. The molecule has 1 spiro atoms. The number of carbonyl (C=O) groups is 1. The fourth-order valence-electron chi connectivity index (χ4n) is 4.02. The van der Waals surface area contributed by atoms with Gasteiger partial charge in [0, 0.05) is 24.1 Å². The van der Waals surface area contributed by atoms with E-state index >= 15 is 0 Å². The van der Waals surface area contributed by atoms with E-state index in [9.17, 15) is 18.0 Å². The molecule has 0 radical (unpaired) electrons. The summed E-state index contributed by atoms with van der Waals surface area (Å²) in [5.41, 5.74) is -0.913. The van der Waals surface area contributed by atoms with Crippen LogP contribution in [0.3, 0.4) is 0 Å². The zero-order valence-electron chi connectivity index (χ0n) is 13.4. The Morgan fingerprint density at radius 2 is 2.04 bits per heavy atom. The number of nitrogens with zero attached hydrogens (tertiary/aromatic N) is 2. The molecule has 4 nitrogen and oxygen atoms in total. The number of pyridine rings is 1. The van der Waals surface area contributed by atoms with Gasteiger partial charge in [-0.3, -0.25) is 9.69 Å². The fraction of sp³-hybridized carbons (Fsp3) is 0.625. The number of amides is 1. The van der Waals surface area contributed by atoms with E-state index in [0.717, 1.165) is 44.3 Å². The highest BCUT2D eigenvalue weighted by atomic mass is 35.5. The molecule has 2 aliphatic heterocycles. The van der Waals surface area contributed by atoms with Gasteiger partial charge in [-0.15, -0.1) is 12.4 Å². The molecule has 0 aromatic carbocycles. The zero-order valence-corrected chi connectivity index (χ0v) is 14.2. The van der Waals surface area contributed by atoms with Crippen molar-refractivity contribution in [1.29, 1.82) is 0 Å². The summed E-state index contributed by atoms with van der Waals surface area (Å²) < 4.78 is 38.8. The SMILES string of the molecule is CCC1N(c2cc(C(F)(F)F)ccn2)C(=O)CC12CCNCC2.Cl. The van der Waals surface area contributed by atoms with E-state index in [1.165, 1.54) is 4.90 Å². The number of carbonyl (C=O) groups excluding carboxylic acids is 1. The molecule has 0 aliphatic carbocycles. The van der Waals surface area contributed by atoms with E-state index in [2.05, 4.69) is 10.3 Å². The largest absolute Gasteiger partial charge is 0.416 e. The molecule has 1 atom stereocenters. The van der Waals surface area contributed by atoms with Crippen LogP contribution in [-0.2, 0) is 11.0 Å². The quantitative estimate of drug-likeness (QED) is 0.875. The molecule has 2 aliphatic rings. The van der Waals surface area contributed by atoms with Crippen LogP contribution in [0.5, 0.6) is 0 Å². The molecule has 8 heteroatoms. The summed E-state index contributed by atoms with van der Waals surface area (Å²) in [7, 11) is 0. The Morgan fingerprint density at radius 1 is 1.38 bits per heavy atom. The molecular weight excluding hydrogens is 343 g/mol. The molecule has 2 fully saturated rings. The molecular formula is C16H21ClF3N3O. The second-order valence-corrected chi connectivity index (χ2v) is 6.38. The van der Waals surface area contributed by atoms with Crippen molar-refractivity contribution in [3.8, 4) is 0 Å². The van der Waals surface area contributed by atoms with Crippen molar-refractivity contribution in [2.75, 3.05) is 18.0 Å². The van der Waals surface area contributed by atoms with Gasteiger partial charge in [0.15, 0.2) is 0 Å². The van der Waals surface area contributed by atoms with Crippen LogP contribution in [0.15, 0.2) is 18.3 Å². The molecule has 1 aromatic rings. The predicted octanol–water partition coefficient (Wildman–Crippen LogP) is 3.41. The zero-order chi connectivity index (χ0) is 16.7. The molecule has 2 saturated heterocycles. The lowest BCUT2D eigenvalue weighted by Crippen LogP contribution is -2.46. The minimum absolute atomic E-state index is 0. The summed E-state index contributed by atoms with van der Waals surface area (Å²) >= 11 is 0. The second kappa shape index (κ2) is 6.88. The minimum Gasteiger partial charge on any atom is -0.317 e. The van der Waals surface area contributed by atoms with Gasteiger partial charge in [0.25, 0.3) is 0 Å². The molecule has 3 heterocycles. The first-order chi connectivity index (χ1) is 10.9. The summed E-state index contributed by atoms with van der Waals surface area (Å²) in [4.78, 5) is 18.1. The van der Waals surface area contributed by atoms with Gasteiger partial charge in [0.1, 0.15) is 5.82 Å². The number of rotatable bonds is 2. The lowest BCUT2D eigenvalue weighted by molar-refractivity contribution is -0.137. The number of nitrogens with one attached hydrogen (secondary N) is 1. The maximum absolute atomic E-state index is 12.9. The van der Waals surface area contributed by atoms with Crippen molar-refractivity contribution < 1.29 is 18.0 Å². The standard InChI is InChI=1S/C16H20F3N3O.ClH/c1-2-12-15(4-7-20-8-5-15)10-14(23)22(12)13-9-11(3-6-21-13)16(17,18)19;/h3,6,9,12,20H,2,4-5,7-8,10H2,1H3;1H. The summed E-state index contributed by atoms with van der Waals surface area (Å²) in [6.45, 7) is 3.66. The first-order valence-corrected chi connectivity index (χ1v) is 7.93. The van der Waals surface area contributed by atoms with Crippen molar-refractivity contribution in [2.24, 2.45) is 5.41 Å². The van der Waals surface area contributed by atoms with Gasteiger partial charge in [0.2, 0.25) is 5.91 Å². The molecule has 1 aromatic heterocycles. The van der Waals surface area contributed by atoms with E-state index < -0.39 is 11.7 Å². The van der Waals surface area contributed by atoms with E-state index in [-0.39, 0.29) is 35.6 Å². The average Bonchev–Trinajstić information content (AvgIpc) is 2.78. The lowest BCUT2D eigenvalue weighted by atomic mass is 9.72. The van der Waals surface area contributed by atoms with Crippen LogP contribution in [-0.4, -0.2) is 30.0 Å². The van der Waals surface area contributed by atoms with Crippen LogP contribution in [0.25, 0.3) is 0 Å². The number of aromatic nitrogens is 1. The maximum Gasteiger partial charge on any atom is 0.416 e. The maximum atomic E-state index is 12.9. The van der Waals surface area contributed by atoms with Gasteiger partial charge in [-0.1, -0.05) is 6.92 Å². The Hall–Kier alpha value is -1.34. The number of alkyl halides is 3. The van der Waals surface area contributed by atoms with Gasteiger partial charge in [0.05, 0.1) is 5.56 Å². The summed E-state index contributed by atoms with van der Waals surface area (Å²) in [6.07, 6.45) is -0.464. The van der Waals surface area contributed by atoms with Crippen molar-refractivity contribution in [3.05, 3.63) is 23.9 Å². The molecule has 1 unspecified atom stereocenters. The molecule has 3 rings (SSSR count). The highest BCUT2D eigenvalue weighted by molar-refractivity contribution is 5.96. The molecule has 0 bridgehead atoms. The third kappa shape index (κ3) is 3.24. The van der Waals surface area contributed by atoms with Crippen molar-refractivity contribution in [2.45, 2.75) is 44.8 Å². The molecule has 0 saturated carbocycles. The van der Waals surface area contributed by atoms with Crippen LogP contribution in [0, 0.1) is 5.41 Å². The molecule has 134 valence electrons. The second-order valence-electron chi connectivity index (χ2n) is 6.38. The van der Waals surface area contributed by atoms with Gasteiger partial charge in [-0.2, -0.15) is 13.2 Å². The molecule has 1 N–H and O–H groups in total. The molecule has 24 heavy (non-hydrogen) atoms. The highest BCUT2D eigenvalue weighted by Gasteiger charge is 2.51. The smallest absolute Gasteiger partial charge is 0.317 e. The predicted molar refractivity (Wildman–Crippen MR) is 87.2 cm³/mol. The summed E-state index contributed by atoms with van der Waals surface area (Å²) in [5, 5.41) is 3.28. The average molecular weight is 364 g/mol. The van der Waals surface area contributed by atoms with E-state index in [0.29, 0.717) is 12.8 Å². The Morgan fingerprint density at radius 3 is 2.62 bits per heavy atom. The number of piperidine rings is 1. The van der Waals surface area contributed by atoms with Crippen LogP contribution >= 0.6 is 12.4 Å². The Bertz CT molecular complexity index is 602. The van der Waals surface area contributed by atoms with Crippen LogP contribution < -0.4 is 10.2 Å². The Kier molecular flexibility index (Phi) is 5.44. The minimum atomic E-state index is -4.44. The van der Waals surface area contributed by atoms with Gasteiger partial charge in [-0.05, 0) is 44.5 Å². The Balaban J connectivity index is 0.00000208. The summed E-state index contributed by atoms with van der Waals surface area (Å²) in [5.74, 6) is -0.00217. The van der Waals surface area contributed by atoms with Crippen molar-refractivity contribution in [1.82, 2.24) is 10.3 Å². The van der Waals surface area contributed by atoms with Crippen molar-refractivity contribution >= 4 is 24.1 Å². The van der Waals surface area contributed by atoms with Crippen LogP contribution in [0.2, 0.25) is 0 Å². The van der Waals surface area contributed by atoms with Gasteiger partial charge < -0.3 is 5.32 Å². The monoisotopic (exact) mass is 363 g/mol. The van der Waals surface area contributed by atoms with Crippen LogP contribution in [0.4, 0.5) is 19.0 Å².